The highest BCUT2D eigenvalue weighted by Crippen LogP contribution is 2.17. The number of rotatable bonds is 62. The van der Waals surface area contributed by atoms with E-state index in [9.17, 15) is 14.4 Å². The molecule has 6 nitrogen and oxygen atoms in total. The molecule has 0 amide bonds. The zero-order valence-corrected chi connectivity index (χ0v) is 51.5. The Morgan fingerprint density at radius 3 is 0.753 bits per heavy atom. The number of unbranched alkanes of at least 4 members (excludes halogenated alkanes) is 41. The van der Waals surface area contributed by atoms with Gasteiger partial charge in [0, 0.05) is 19.3 Å². The van der Waals surface area contributed by atoms with Crippen LogP contribution in [0.15, 0.2) is 60.8 Å². The smallest absolute Gasteiger partial charge is 0.306 e. The first kappa shape index (κ1) is 74.1. The second-order valence-corrected chi connectivity index (χ2v) is 22.7. The summed E-state index contributed by atoms with van der Waals surface area (Å²) in [7, 11) is 0. The summed E-state index contributed by atoms with van der Waals surface area (Å²) in [6.07, 6.45) is 83.7. The molecule has 1 unspecified atom stereocenters. The van der Waals surface area contributed by atoms with Gasteiger partial charge in [-0.15, -0.1) is 0 Å². The van der Waals surface area contributed by atoms with Crippen LogP contribution >= 0.6 is 0 Å². The molecular weight excluding hydrogens is 949 g/mol. The second-order valence-electron chi connectivity index (χ2n) is 22.7. The van der Waals surface area contributed by atoms with Crippen LogP contribution in [0, 0.1) is 0 Å². The van der Waals surface area contributed by atoms with Gasteiger partial charge in [0.05, 0.1) is 0 Å². The minimum absolute atomic E-state index is 0.0797. The van der Waals surface area contributed by atoms with Crippen molar-refractivity contribution in [1.82, 2.24) is 0 Å². The fourth-order valence-electron chi connectivity index (χ4n) is 9.89. The first-order valence-electron chi connectivity index (χ1n) is 33.8. The molecule has 0 saturated carbocycles. The monoisotopic (exact) mass is 1080 g/mol. The summed E-state index contributed by atoms with van der Waals surface area (Å²) in [5.41, 5.74) is 0. The van der Waals surface area contributed by atoms with Gasteiger partial charge in [0.2, 0.25) is 0 Å². The summed E-state index contributed by atoms with van der Waals surface area (Å²) in [4.78, 5) is 38.4. The SMILES string of the molecule is CCCCC/C=C\C/C=C\CCCCCCCCCC(=O)OCC(COC(=O)CCCCCCCC/C=C\C/C=C\C/C=C\CCCCCCC)OC(=O)CCCCCCCCCCCCCCCCCCCCCCC. The predicted octanol–water partition coefficient (Wildman–Crippen LogP) is 23.1. The van der Waals surface area contributed by atoms with Crippen LogP contribution in [0.3, 0.4) is 0 Å². The molecule has 0 heterocycles. The van der Waals surface area contributed by atoms with E-state index in [0.29, 0.717) is 19.3 Å². The Kier molecular flexibility index (Phi) is 63.2. The van der Waals surface area contributed by atoms with E-state index >= 15 is 0 Å². The molecule has 0 aromatic carbocycles. The van der Waals surface area contributed by atoms with Gasteiger partial charge in [0.1, 0.15) is 13.2 Å². The van der Waals surface area contributed by atoms with E-state index in [2.05, 4.69) is 81.5 Å². The van der Waals surface area contributed by atoms with E-state index in [1.54, 1.807) is 0 Å². The number of carbonyl (C=O) groups is 3. The molecule has 0 aliphatic carbocycles. The van der Waals surface area contributed by atoms with Crippen molar-refractivity contribution < 1.29 is 28.6 Å². The van der Waals surface area contributed by atoms with Crippen molar-refractivity contribution in [2.45, 2.75) is 361 Å². The Morgan fingerprint density at radius 1 is 0.260 bits per heavy atom. The minimum atomic E-state index is -0.783. The summed E-state index contributed by atoms with van der Waals surface area (Å²) in [6.45, 7) is 6.64. The van der Waals surface area contributed by atoms with Crippen LogP contribution in [0.4, 0.5) is 0 Å². The van der Waals surface area contributed by atoms with Crippen LogP contribution in [0.2, 0.25) is 0 Å². The van der Waals surface area contributed by atoms with Crippen molar-refractivity contribution >= 4 is 17.9 Å². The average Bonchev–Trinajstić information content (AvgIpc) is 3.43. The molecule has 6 heteroatoms. The van der Waals surface area contributed by atoms with Crippen molar-refractivity contribution in [3.8, 4) is 0 Å². The molecule has 0 radical (unpaired) electrons. The van der Waals surface area contributed by atoms with Gasteiger partial charge >= 0.3 is 17.9 Å². The molecule has 0 bridgehead atoms. The van der Waals surface area contributed by atoms with Crippen LogP contribution in [0.5, 0.6) is 0 Å². The second kappa shape index (κ2) is 65.6. The standard InChI is InChI=1S/C71H128O6/c1-4-7-10-13-16-19-22-25-28-31-33-35-37-40-43-46-49-52-55-58-61-64-70(73)76-67-68(66-75-69(72)63-60-57-54-51-48-45-42-39-30-27-24-21-18-15-12-9-6-3)77-71(74)65-62-59-56-53-50-47-44-41-38-36-34-32-29-26-23-20-17-14-11-8-5-2/h18,21-22,25,27,30-31,33,37,40,68H,4-17,19-20,23-24,26,28-29,32,34-36,38-39,41-67H2,1-3H3/b21-18-,25-22-,30-27-,33-31-,40-37-. The fourth-order valence-corrected chi connectivity index (χ4v) is 9.89. The van der Waals surface area contributed by atoms with Crippen LogP contribution in [0.1, 0.15) is 355 Å². The summed E-state index contributed by atoms with van der Waals surface area (Å²) in [5.74, 6) is -0.877. The van der Waals surface area contributed by atoms with E-state index in [1.807, 2.05) is 0 Å². The summed E-state index contributed by atoms with van der Waals surface area (Å²) in [6, 6.07) is 0. The Morgan fingerprint density at radius 2 is 0.468 bits per heavy atom. The molecule has 0 aliphatic rings. The molecule has 0 spiro atoms. The van der Waals surface area contributed by atoms with Gasteiger partial charge in [-0.25, -0.2) is 0 Å². The number of hydrogen-bond acceptors (Lipinski definition) is 6. The normalized spacial score (nSPS) is 12.4. The first-order chi connectivity index (χ1) is 38.0. The van der Waals surface area contributed by atoms with Gasteiger partial charge in [-0.2, -0.15) is 0 Å². The van der Waals surface area contributed by atoms with Crippen molar-refractivity contribution in [2.75, 3.05) is 13.2 Å². The van der Waals surface area contributed by atoms with Crippen molar-refractivity contribution in [3.63, 3.8) is 0 Å². The maximum Gasteiger partial charge on any atom is 0.306 e. The fraction of sp³-hybridized carbons (Fsp3) is 0.817. The van der Waals surface area contributed by atoms with E-state index in [4.69, 9.17) is 14.2 Å². The van der Waals surface area contributed by atoms with E-state index in [1.165, 1.54) is 225 Å². The van der Waals surface area contributed by atoms with Crippen LogP contribution in [-0.2, 0) is 28.6 Å². The van der Waals surface area contributed by atoms with Gasteiger partial charge in [0.25, 0.3) is 0 Å². The van der Waals surface area contributed by atoms with Gasteiger partial charge in [-0.1, -0.05) is 306 Å². The molecule has 0 aromatic heterocycles. The molecule has 0 saturated heterocycles. The van der Waals surface area contributed by atoms with Crippen molar-refractivity contribution in [3.05, 3.63) is 60.8 Å². The van der Waals surface area contributed by atoms with E-state index in [0.717, 1.165) is 89.9 Å². The molecule has 0 N–H and O–H groups in total. The highest BCUT2D eigenvalue weighted by molar-refractivity contribution is 5.71. The van der Waals surface area contributed by atoms with Gasteiger partial charge in [0.15, 0.2) is 6.10 Å². The van der Waals surface area contributed by atoms with E-state index < -0.39 is 6.10 Å². The molecule has 0 aromatic rings. The highest BCUT2D eigenvalue weighted by Gasteiger charge is 2.19. The zero-order valence-electron chi connectivity index (χ0n) is 51.5. The summed E-state index contributed by atoms with van der Waals surface area (Å²) >= 11 is 0. The lowest BCUT2D eigenvalue weighted by Gasteiger charge is -2.18. The molecular formula is C71H128O6. The Hall–Kier alpha value is -2.89. The number of carbonyl (C=O) groups excluding carboxylic acids is 3. The third-order valence-electron chi connectivity index (χ3n) is 15.0. The molecule has 0 fully saturated rings. The minimum Gasteiger partial charge on any atom is -0.462 e. The quantitative estimate of drug-likeness (QED) is 0.0261. The lowest BCUT2D eigenvalue weighted by Crippen LogP contribution is -2.30. The molecule has 448 valence electrons. The predicted molar refractivity (Wildman–Crippen MR) is 335 cm³/mol. The van der Waals surface area contributed by atoms with Crippen molar-refractivity contribution in [2.24, 2.45) is 0 Å². The Labute approximate surface area is 479 Å². The Balaban J connectivity index is 4.37. The number of hydrogen-bond donors (Lipinski definition) is 0. The average molecular weight is 1080 g/mol. The molecule has 1 atom stereocenters. The van der Waals surface area contributed by atoms with Crippen LogP contribution in [-0.4, -0.2) is 37.2 Å². The molecule has 0 aliphatic heterocycles. The van der Waals surface area contributed by atoms with E-state index in [-0.39, 0.29) is 31.1 Å². The van der Waals surface area contributed by atoms with Crippen LogP contribution < -0.4 is 0 Å². The first-order valence-corrected chi connectivity index (χ1v) is 33.8. The van der Waals surface area contributed by atoms with Crippen LogP contribution in [0.25, 0.3) is 0 Å². The Bertz CT molecular complexity index is 1380. The molecule has 0 rings (SSSR count). The van der Waals surface area contributed by atoms with Gasteiger partial charge in [-0.05, 0) is 89.9 Å². The lowest BCUT2D eigenvalue weighted by molar-refractivity contribution is -0.167. The number of allylic oxidation sites excluding steroid dienone is 10. The topological polar surface area (TPSA) is 78.9 Å². The van der Waals surface area contributed by atoms with Gasteiger partial charge < -0.3 is 14.2 Å². The summed E-state index contributed by atoms with van der Waals surface area (Å²) in [5, 5.41) is 0. The lowest BCUT2D eigenvalue weighted by atomic mass is 10.0. The molecule has 77 heavy (non-hydrogen) atoms. The maximum absolute atomic E-state index is 12.9. The summed E-state index contributed by atoms with van der Waals surface area (Å²) < 4.78 is 17.0. The number of ether oxygens (including phenoxy) is 3. The largest absolute Gasteiger partial charge is 0.462 e. The zero-order chi connectivity index (χ0) is 55.7. The number of esters is 3. The third-order valence-corrected chi connectivity index (χ3v) is 15.0. The van der Waals surface area contributed by atoms with Gasteiger partial charge in [-0.3, -0.25) is 14.4 Å². The highest BCUT2D eigenvalue weighted by atomic mass is 16.6. The van der Waals surface area contributed by atoms with Crippen molar-refractivity contribution in [1.29, 1.82) is 0 Å². The third kappa shape index (κ3) is 63.8. The maximum atomic E-state index is 12.9.